The standard InChI is InChI=1S/C12H9ClN4OS/c13-12-15-6-8(19-12)5-14-10-4-2-1-3-9(10)11-17-16-7-18-11/h1-4,6-7,14H,5H2. The minimum absolute atomic E-state index is 0.491. The van der Waals surface area contributed by atoms with Gasteiger partial charge in [-0.05, 0) is 12.1 Å². The van der Waals surface area contributed by atoms with Crippen LogP contribution in [-0.4, -0.2) is 15.2 Å². The van der Waals surface area contributed by atoms with Gasteiger partial charge in [-0.2, -0.15) is 0 Å². The summed E-state index contributed by atoms with van der Waals surface area (Å²) in [5.41, 5.74) is 1.80. The lowest BCUT2D eigenvalue weighted by Crippen LogP contribution is -1.99. The van der Waals surface area contributed by atoms with Crippen molar-refractivity contribution in [1.29, 1.82) is 0 Å². The third-order valence-corrected chi connectivity index (χ3v) is 3.61. The number of hydrogen-bond donors (Lipinski definition) is 1. The first-order chi connectivity index (χ1) is 9.33. The van der Waals surface area contributed by atoms with Gasteiger partial charge in [0.2, 0.25) is 12.3 Å². The molecule has 3 rings (SSSR count). The summed E-state index contributed by atoms with van der Waals surface area (Å²) >= 11 is 7.25. The van der Waals surface area contributed by atoms with E-state index in [1.54, 1.807) is 6.20 Å². The smallest absolute Gasteiger partial charge is 0.249 e. The van der Waals surface area contributed by atoms with E-state index >= 15 is 0 Å². The van der Waals surface area contributed by atoms with Gasteiger partial charge in [0.15, 0.2) is 4.47 Å². The molecule has 0 saturated carbocycles. The molecule has 19 heavy (non-hydrogen) atoms. The number of halogens is 1. The van der Waals surface area contributed by atoms with Crippen molar-refractivity contribution in [3.8, 4) is 11.5 Å². The quantitative estimate of drug-likeness (QED) is 0.798. The number of benzene rings is 1. The summed E-state index contributed by atoms with van der Waals surface area (Å²) < 4.78 is 5.77. The molecule has 0 atom stereocenters. The fourth-order valence-electron chi connectivity index (χ4n) is 1.66. The van der Waals surface area contributed by atoms with Gasteiger partial charge in [0.25, 0.3) is 0 Å². The molecule has 0 unspecified atom stereocenters. The van der Waals surface area contributed by atoms with Crippen LogP contribution in [0.1, 0.15) is 4.88 Å². The molecule has 0 amide bonds. The molecule has 0 radical (unpaired) electrons. The van der Waals surface area contributed by atoms with Gasteiger partial charge in [0.1, 0.15) is 0 Å². The lowest BCUT2D eigenvalue weighted by Gasteiger charge is -2.08. The van der Waals surface area contributed by atoms with Crippen molar-refractivity contribution >= 4 is 28.6 Å². The monoisotopic (exact) mass is 292 g/mol. The van der Waals surface area contributed by atoms with E-state index < -0.39 is 0 Å². The number of nitrogens with one attached hydrogen (secondary N) is 1. The first-order valence-corrected chi connectivity index (χ1v) is 6.72. The summed E-state index contributed by atoms with van der Waals surface area (Å²) in [6.45, 7) is 0.648. The summed E-state index contributed by atoms with van der Waals surface area (Å²) in [6.07, 6.45) is 3.07. The fraction of sp³-hybridized carbons (Fsp3) is 0.0833. The summed E-state index contributed by atoms with van der Waals surface area (Å²) in [6, 6.07) is 7.76. The Balaban J connectivity index is 1.81. The Labute approximate surface area is 118 Å². The van der Waals surface area contributed by atoms with Gasteiger partial charge in [0.05, 0.1) is 12.1 Å². The van der Waals surface area contributed by atoms with Crippen molar-refractivity contribution in [2.75, 3.05) is 5.32 Å². The van der Waals surface area contributed by atoms with Crippen molar-refractivity contribution < 1.29 is 4.42 Å². The molecule has 0 aliphatic heterocycles. The van der Waals surface area contributed by atoms with Crippen molar-refractivity contribution in [3.63, 3.8) is 0 Å². The Morgan fingerprint density at radius 2 is 2.21 bits per heavy atom. The van der Waals surface area contributed by atoms with Crippen LogP contribution >= 0.6 is 22.9 Å². The normalized spacial score (nSPS) is 10.6. The van der Waals surface area contributed by atoms with Crippen LogP contribution in [0, 0.1) is 0 Å². The van der Waals surface area contributed by atoms with E-state index in [1.165, 1.54) is 17.7 Å². The van der Waals surface area contributed by atoms with E-state index in [0.29, 0.717) is 16.9 Å². The Morgan fingerprint density at radius 1 is 1.32 bits per heavy atom. The number of rotatable bonds is 4. The zero-order valence-corrected chi connectivity index (χ0v) is 11.3. The zero-order valence-electron chi connectivity index (χ0n) is 9.71. The van der Waals surface area contributed by atoms with Gasteiger partial charge >= 0.3 is 0 Å². The molecule has 96 valence electrons. The highest BCUT2D eigenvalue weighted by Crippen LogP contribution is 2.27. The summed E-state index contributed by atoms with van der Waals surface area (Å²) in [5, 5.41) is 10.9. The lowest BCUT2D eigenvalue weighted by atomic mass is 10.2. The molecule has 0 bridgehead atoms. The highest BCUT2D eigenvalue weighted by Gasteiger charge is 2.09. The number of anilines is 1. The van der Waals surface area contributed by atoms with Crippen molar-refractivity contribution in [1.82, 2.24) is 15.2 Å². The molecule has 0 spiro atoms. The van der Waals surface area contributed by atoms with Crippen LogP contribution in [0.4, 0.5) is 5.69 Å². The van der Waals surface area contributed by atoms with Crippen LogP contribution in [-0.2, 0) is 6.54 Å². The van der Waals surface area contributed by atoms with Crippen molar-refractivity contribution in [2.24, 2.45) is 0 Å². The van der Waals surface area contributed by atoms with E-state index in [2.05, 4.69) is 20.5 Å². The van der Waals surface area contributed by atoms with Crippen molar-refractivity contribution in [3.05, 3.63) is 46.2 Å². The second-order valence-electron chi connectivity index (χ2n) is 3.72. The lowest BCUT2D eigenvalue weighted by molar-refractivity contribution is 0.569. The fourth-order valence-corrected chi connectivity index (χ4v) is 2.58. The largest absolute Gasteiger partial charge is 0.423 e. The zero-order chi connectivity index (χ0) is 13.1. The SMILES string of the molecule is Clc1ncc(CNc2ccccc2-c2nnco2)s1. The maximum atomic E-state index is 5.80. The third-order valence-electron chi connectivity index (χ3n) is 2.50. The van der Waals surface area contributed by atoms with Crippen LogP contribution in [0.5, 0.6) is 0 Å². The van der Waals surface area contributed by atoms with Crippen LogP contribution in [0.3, 0.4) is 0 Å². The van der Waals surface area contributed by atoms with E-state index in [-0.39, 0.29) is 0 Å². The number of thiazole rings is 1. The van der Waals surface area contributed by atoms with Gasteiger partial charge in [0, 0.05) is 16.8 Å². The Bertz CT molecular complexity index is 668. The van der Waals surface area contributed by atoms with E-state index in [4.69, 9.17) is 16.0 Å². The first-order valence-electron chi connectivity index (χ1n) is 5.52. The molecule has 1 N–H and O–H groups in total. The molecular weight excluding hydrogens is 284 g/mol. The molecule has 7 heteroatoms. The van der Waals surface area contributed by atoms with Crippen LogP contribution < -0.4 is 5.32 Å². The maximum Gasteiger partial charge on any atom is 0.249 e. The van der Waals surface area contributed by atoms with E-state index in [1.807, 2.05) is 24.3 Å². The van der Waals surface area contributed by atoms with Crippen LogP contribution in [0.25, 0.3) is 11.5 Å². The van der Waals surface area contributed by atoms with Crippen molar-refractivity contribution in [2.45, 2.75) is 6.54 Å². The van der Waals surface area contributed by atoms with Gasteiger partial charge in [-0.3, -0.25) is 0 Å². The Hall–Kier alpha value is -1.92. The topological polar surface area (TPSA) is 63.8 Å². The molecule has 0 aliphatic carbocycles. The third kappa shape index (κ3) is 2.74. The predicted molar refractivity (Wildman–Crippen MR) is 74.2 cm³/mol. The molecule has 0 fully saturated rings. The molecule has 2 heterocycles. The van der Waals surface area contributed by atoms with Gasteiger partial charge < -0.3 is 9.73 Å². The maximum absolute atomic E-state index is 5.80. The average molecular weight is 293 g/mol. The highest BCUT2D eigenvalue weighted by molar-refractivity contribution is 7.15. The second-order valence-corrected chi connectivity index (χ2v) is 5.42. The second kappa shape index (κ2) is 5.38. The predicted octanol–water partition coefficient (Wildman–Crippen LogP) is 3.46. The summed E-state index contributed by atoms with van der Waals surface area (Å²) in [7, 11) is 0. The molecule has 0 saturated heterocycles. The number of hydrogen-bond acceptors (Lipinski definition) is 6. The molecule has 1 aromatic carbocycles. The Morgan fingerprint density at radius 3 is 2.95 bits per heavy atom. The molecule has 3 aromatic rings. The van der Waals surface area contributed by atoms with Gasteiger partial charge in [-0.25, -0.2) is 4.98 Å². The molecular formula is C12H9ClN4OS. The number of para-hydroxylation sites is 1. The highest BCUT2D eigenvalue weighted by atomic mass is 35.5. The van der Waals surface area contributed by atoms with Crippen LogP contribution in [0.15, 0.2) is 41.3 Å². The summed E-state index contributed by atoms with van der Waals surface area (Å²) in [4.78, 5) is 5.06. The Kier molecular flexibility index (Phi) is 3.43. The summed E-state index contributed by atoms with van der Waals surface area (Å²) in [5.74, 6) is 0.491. The minimum Gasteiger partial charge on any atom is -0.423 e. The minimum atomic E-state index is 0.491. The van der Waals surface area contributed by atoms with Gasteiger partial charge in [-0.15, -0.1) is 21.5 Å². The van der Waals surface area contributed by atoms with Crippen LogP contribution in [0.2, 0.25) is 4.47 Å². The first kappa shape index (κ1) is 12.1. The molecule has 0 aliphatic rings. The van der Waals surface area contributed by atoms with E-state index in [9.17, 15) is 0 Å². The number of nitrogens with zero attached hydrogens (tertiary/aromatic N) is 3. The number of aromatic nitrogens is 3. The average Bonchev–Trinajstić information content (AvgIpc) is 3.08. The molecule has 5 nitrogen and oxygen atoms in total. The van der Waals surface area contributed by atoms with E-state index in [0.717, 1.165) is 16.1 Å². The van der Waals surface area contributed by atoms with Gasteiger partial charge in [-0.1, -0.05) is 23.7 Å². The molecule has 2 aromatic heterocycles.